The maximum atomic E-state index is 12.4. The van der Waals surface area contributed by atoms with Crippen molar-refractivity contribution in [3.05, 3.63) is 29.8 Å². The summed E-state index contributed by atoms with van der Waals surface area (Å²) < 4.78 is 138. The molecule has 106 valence electrons. The minimum absolute atomic E-state index is 0.174. The van der Waals surface area contributed by atoms with Gasteiger partial charge < -0.3 is 4.90 Å². The third-order valence-electron chi connectivity index (χ3n) is 2.33. The molecule has 19 heavy (non-hydrogen) atoms. The molecular formula is C15H23NO2S. The van der Waals surface area contributed by atoms with Crippen LogP contribution in [0.2, 0.25) is 0 Å². The second kappa shape index (κ2) is 6.06. The van der Waals surface area contributed by atoms with Gasteiger partial charge in [-0.2, -0.15) is 0 Å². The number of nitrogens with zero attached hydrogens (tertiary/aromatic N) is 1. The Morgan fingerprint density at radius 2 is 2.47 bits per heavy atom. The topological polar surface area (TPSA) is 37.4 Å². The van der Waals surface area contributed by atoms with E-state index in [2.05, 4.69) is 0 Å². The Hall–Kier alpha value is -0.870. The molecule has 0 spiro atoms. The Morgan fingerprint density at radius 3 is 3.21 bits per heavy atom. The molecule has 0 N–H and O–H groups in total. The zero-order chi connectivity index (χ0) is 26.3. The minimum atomic E-state index is -5.02. The smallest absolute Gasteiger partial charge is 0.175 e. The second-order valence-corrected chi connectivity index (χ2v) is 5.21. The Morgan fingerprint density at radius 1 is 1.63 bits per heavy atom. The zero-order valence-corrected chi connectivity index (χ0v) is 11.0. The van der Waals surface area contributed by atoms with E-state index in [1.807, 2.05) is 0 Å². The molecule has 0 amide bonds. The lowest BCUT2D eigenvalue weighted by molar-refractivity contribution is 0.208. The SMILES string of the molecule is [2H]C([2H])(CC)N1C([2H])([2H])C([2H])([2H])C([2H])([2H])C([2H])(c2cccc(S(=O)(=O)C([2H])([2H])[2H])c2)C1([2H])[2H]. The predicted octanol–water partition coefficient (Wildman–Crippen LogP) is 2.68. The summed E-state index contributed by atoms with van der Waals surface area (Å²) in [6.45, 7) is -8.86. The molecule has 1 heterocycles. The quantitative estimate of drug-likeness (QED) is 0.857. The molecule has 0 aliphatic carbocycles. The van der Waals surface area contributed by atoms with Crippen LogP contribution < -0.4 is 0 Å². The lowest BCUT2D eigenvalue weighted by Gasteiger charge is -2.32. The van der Waals surface area contributed by atoms with E-state index in [0.717, 1.165) is 18.2 Å². The number of piperidine rings is 1. The van der Waals surface area contributed by atoms with Crippen LogP contribution in [0.4, 0.5) is 0 Å². The van der Waals surface area contributed by atoms with Crippen molar-refractivity contribution in [2.75, 3.05) is 25.7 Å². The molecule has 0 bridgehead atoms. The molecule has 2 rings (SSSR count). The van der Waals surface area contributed by atoms with E-state index in [0.29, 0.717) is 6.07 Å². The first-order valence-corrected chi connectivity index (χ1v) is 7.03. The number of benzene rings is 1. The first-order valence-electron chi connectivity index (χ1n) is 12.5. The molecule has 1 saturated heterocycles. The van der Waals surface area contributed by atoms with Gasteiger partial charge in [-0.3, -0.25) is 0 Å². The predicted molar refractivity (Wildman–Crippen MR) is 78.3 cm³/mol. The fraction of sp³-hybridized carbons (Fsp3) is 0.600. The van der Waals surface area contributed by atoms with Crippen molar-refractivity contribution in [3.63, 3.8) is 0 Å². The highest BCUT2D eigenvalue weighted by molar-refractivity contribution is 7.90. The maximum Gasteiger partial charge on any atom is 0.175 e. The van der Waals surface area contributed by atoms with E-state index < -0.39 is 71.0 Å². The van der Waals surface area contributed by atoms with Crippen molar-refractivity contribution in [3.8, 4) is 0 Å². The van der Waals surface area contributed by atoms with Crippen LogP contribution in [0.15, 0.2) is 29.2 Å². The lowest BCUT2D eigenvalue weighted by atomic mass is 9.90. The van der Waals surface area contributed by atoms with Crippen molar-refractivity contribution < 1.29 is 27.6 Å². The van der Waals surface area contributed by atoms with Gasteiger partial charge in [0.2, 0.25) is 0 Å². The molecule has 1 aliphatic rings. The molecular weight excluding hydrogens is 258 g/mol. The van der Waals surface area contributed by atoms with Crippen LogP contribution in [-0.4, -0.2) is 39.0 Å². The van der Waals surface area contributed by atoms with Crippen LogP contribution in [-0.2, 0) is 9.84 Å². The molecule has 1 fully saturated rings. The number of hydrogen-bond acceptors (Lipinski definition) is 3. The van der Waals surface area contributed by atoms with Gasteiger partial charge in [-0.05, 0) is 55.8 Å². The van der Waals surface area contributed by atoms with Gasteiger partial charge in [0.1, 0.15) is 0 Å². The van der Waals surface area contributed by atoms with Gasteiger partial charge in [0, 0.05) is 31.9 Å². The van der Waals surface area contributed by atoms with Crippen LogP contribution in [0, 0.1) is 0 Å². The van der Waals surface area contributed by atoms with Gasteiger partial charge in [-0.25, -0.2) is 8.42 Å². The fourth-order valence-corrected chi connectivity index (χ4v) is 2.05. The molecule has 3 nitrogen and oxygen atoms in total. The summed E-state index contributed by atoms with van der Waals surface area (Å²) in [6, 6.07) is 3.17. The van der Waals surface area contributed by atoms with Crippen LogP contribution in [0.1, 0.15) is 56.7 Å². The average molecular weight is 296 g/mol. The van der Waals surface area contributed by atoms with Gasteiger partial charge in [0.05, 0.1) is 4.90 Å². The summed E-state index contributed by atoms with van der Waals surface area (Å²) in [6.07, 6.45) is -11.5. The van der Waals surface area contributed by atoms with Crippen molar-refractivity contribution in [2.45, 2.75) is 36.9 Å². The fourth-order valence-electron chi connectivity index (χ4n) is 1.51. The van der Waals surface area contributed by atoms with E-state index in [1.54, 1.807) is 0 Å². The van der Waals surface area contributed by atoms with E-state index in [1.165, 1.54) is 6.92 Å². The Bertz CT molecular complexity index is 1040. The largest absolute Gasteiger partial charge is 0.303 e. The maximum absolute atomic E-state index is 12.4. The highest BCUT2D eigenvalue weighted by atomic mass is 32.2. The van der Waals surface area contributed by atoms with Crippen LogP contribution in [0.25, 0.3) is 0 Å². The van der Waals surface area contributed by atoms with Crippen molar-refractivity contribution in [1.29, 1.82) is 0 Å². The molecule has 1 atom stereocenters. The summed E-state index contributed by atoms with van der Waals surface area (Å²) in [5.74, 6) is -3.45. The Balaban J connectivity index is 2.99. The summed E-state index contributed by atoms with van der Waals surface area (Å²) in [5, 5.41) is 0. The number of rotatable bonds is 4. The highest BCUT2D eigenvalue weighted by Crippen LogP contribution is 2.28. The summed E-state index contributed by atoms with van der Waals surface area (Å²) >= 11 is 0. The van der Waals surface area contributed by atoms with Gasteiger partial charge in [-0.1, -0.05) is 19.1 Å². The van der Waals surface area contributed by atoms with Gasteiger partial charge >= 0.3 is 0 Å². The number of sulfone groups is 1. The van der Waals surface area contributed by atoms with Crippen LogP contribution in [0.5, 0.6) is 0 Å². The number of likely N-dealkylation sites (tertiary alicyclic amines) is 1. The van der Waals surface area contributed by atoms with Crippen LogP contribution >= 0.6 is 0 Å². The van der Waals surface area contributed by atoms with E-state index in [-0.39, 0.29) is 4.90 Å². The van der Waals surface area contributed by atoms with E-state index in [4.69, 9.17) is 19.2 Å². The molecule has 0 saturated carbocycles. The second-order valence-electron chi connectivity index (χ2n) is 3.73. The lowest BCUT2D eigenvalue weighted by Crippen LogP contribution is -2.34. The Labute approximate surface area is 136 Å². The molecule has 0 aromatic heterocycles. The molecule has 0 radical (unpaired) electrons. The van der Waals surface area contributed by atoms with Gasteiger partial charge in [-0.15, -0.1) is 0 Å². The molecule has 1 aromatic carbocycles. The van der Waals surface area contributed by atoms with E-state index >= 15 is 0 Å². The first kappa shape index (κ1) is 4.85. The van der Waals surface area contributed by atoms with Gasteiger partial charge in [0.25, 0.3) is 0 Å². The molecule has 1 aromatic rings. The average Bonchev–Trinajstić information content (AvgIpc) is 2.64. The van der Waals surface area contributed by atoms with Crippen LogP contribution in [0.3, 0.4) is 0 Å². The molecule has 4 heteroatoms. The molecule has 1 aliphatic heterocycles. The van der Waals surface area contributed by atoms with Gasteiger partial charge in [0.15, 0.2) is 9.84 Å². The monoisotopic (exact) mass is 295 g/mol. The normalized spacial score (nSPS) is 48.3. The van der Waals surface area contributed by atoms with E-state index in [9.17, 15) is 8.42 Å². The third-order valence-corrected chi connectivity index (χ3v) is 3.20. The minimum Gasteiger partial charge on any atom is -0.303 e. The van der Waals surface area contributed by atoms with Crippen molar-refractivity contribution >= 4 is 9.84 Å². The van der Waals surface area contributed by atoms with Crippen molar-refractivity contribution in [1.82, 2.24) is 4.90 Å². The Kier molecular flexibility index (Phi) is 1.54. The zero-order valence-electron chi connectivity index (χ0n) is 24.2. The standard InChI is InChI=1S/C15H23NO2S/c1-3-9-16-10-5-7-14(12-16)13-6-4-8-15(11-13)19(2,17)18/h4,6,8,11,14H,3,5,7,9-10,12H2,1-2H3/i2D3,5D2,7D2,9D2,10D2,12D2,14D. The highest BCUT2D eigenvalue weighted by Gasteiger charge is 2.21. The van der Waals surface area contributed by atoms with Crippen molar-refractivity contribution in [2.24, 2.45) is 0 Å². The summed E-state index contributed by atoms with van der Waals surface area (Å²) in [5.41, 5.74) is -0.806. The molecule has 1 unspecified atom stereocenters. The summed E-state index contributed by atoms with van der Waals surface area (Å²) in [7, 11) is -5.02. The first-order chi connectivity index (χ1) is 14.4. The third kappa shape index (κ3) is 3.80. The number of hydrogen-bond donors (Lipinski definition) is 0. The summed E-state index contributed by atoms with van der Waals surface area (Å²) in [4.78, 5) is -1.08.